The Morgan fingerprint density at radius 2 is 1.61 bits per heavy atom. The second-order valence-corrected chi connectivity index (χ2v) is 8.58. The van der Waals surface area contributed by atoms with Gasteiger partial charge in [-0.25, -0.2) is 0 Å². The highest BCUT2D eigenvalue weighted by molar-refractivity contribution is 5.93. The Balaban J connectivity index is 1.40. The summed E-state index contributed by atoms with van der Waals surface area (Å²) < 4.78 is 39.3. The summed E-state index contributed by atoms with van der Waals surface area (Å²) in [5.74, 6) is -0.116. The molecule has 2 amide bonds. The smallest absolute Gasteiger partial charge is 0.340 e. The molecular formula is C25H30F3N3O2. The maximum Gasteiger partial charge on any atom is 0.418 e. The van der Waals surface area contributed by atoms with E-state index < -0.39 is 17.6 Å². The van der Waals surface area contributed by atoms with Gasteiger partial charge in [0, 0.05) is 32.6 Å². The zero-order valence-electron chi connectivity index (χ0n) is 18.8. The van der Waals surface area contributed by atoms with E-state index in [4.69, 9.17) is 0 Å². The highest BCUT2D eigenvalue weighted by Crippen LogP contribution is 2.34. The quantitative estimate of drug-likeness (QED) is 0.632. The van der Waals surface area contributed by atoms with Crippen molar-refractivity contribution in [2.45, 2.75) is 32.4 Å². The number of alkyl halides is 3. The Labute approximate surface area is 192 Å². The molecule has 0 saturated carbocycles. The van der Waals surface area contributed by atoms with Crippen LogP contribution >= 0.6 is 0 Å². The number of amides is 2. The molecule has 2 aromatic rings. The fraction of sp³-hybridized carbons (Fsp3) is 0.440. The third-order valence-corrected chi connectivity index (χ3v) is 5.89. The molecule has 1 heterocycles. The zero-order valence-corrected chi connectivity index (χ0v) is 18.8. The van der Waals surface area contributed by atoms with Crippen molar-refractivity contribution in [3.05, 3.63) is 65.7 Å². The molecule has 1 unspecified atom stereocenters. The van der Waals surface area contributed by atoms with Crippen molar-refractivity contribution in [2.75, 3.05) is 38.0 Å². The maximum atomic E-state index is 13.1. The Kier molecular flexibility index (Phi) is 8.49. The van der Waals surface area contributed by atoms with E-state index in [9.17, 15) is 22.8 Å². The third-order valence-electron chi connectivity index (χ3n) is 5.89. The molecule has 1 saturated heterocycles. The second kappa shape index (κ2) is 11.3. The summed E-state index contributed by atoms with van der Waals surface area (Å²) in [6.07, 6.45) is -2.17. The van der Waals surface area contributed by atoms with Gasteiger partial charge in [-0.2, -0.15) is 13.2 Å². The van der Waals surface area contributed by atoms with Crippen molar-refractivity contribution in [1.82, 2.24) is 9.80 Å². The SMILES string of the molecule is CC(CCc1ccccc1)CC(=O)N1CCN(CC(=O)Nc2ccccc2C(F)(F)F)CC1. The van der Waals surface area contributed by atoms with Gasteiger partial charge in [-0.15, -0.1) is 0 Å². The number of nitrogens with one attached hydrogen (secondary N) is 1. The van der Waals surface area contributed by atoms with Gasteiger partial charge in [0.2, 0.25) is 11.8 Å². The lowest BCUT2D eigenvalue weighted by molar-refractivity contribution is -0.137. The van der Waals surface area contributed by atoms with Crippen LogP contribution in [-0.2, 0) is 22.2 Å². The molecule has 178 valence electrons. The highest BCUT2D eigenvalue weighted by atomic mass is 19.4. The number of carbonyl (C=O) groups excluding carboxylic acids is 2. The van der Waals surface area contributed by atoms with Gasteiger partial charge in [0.1, 0.15) is 0 Å². The number of piperazine rings is 1. The molecule has 1 aliphatic rings. The predicted molar refractivity (Wildman–Crippen MR) is 122 cm³/mol. The van der Waals surface area contributed by atoms with Crippen LogP contribution in [0.3, 0.4) is 0 Å². The summed E-state index contributed by atoms with van der Waals surface area (Å²) in [5, 5.41) is 2.37. The lowest BCUT2D eigenvalue weighted by Crippen LogP contribution is -2.50. The van der Waals surface area contributed by atoms with Crippen molar-refractivity contribution >= 4 is 17.5 Å². The van der Waals surface area contributed by atoms with Crippen molar-refractivity contribution in [1.29, 1.82) is 0 Å². The summed E-state index contributed by atoms with van der Waals surface area (Å²) in [6.45, 7) is 4.12. The van der Waals surface area contributed by atoms with Gasteiger partial charge >= 0.3 is 6.18 Å². The molecule has 1 atom stereocenters. The summed E-state index contributed by atoms with van der Waals surface area (Å²) in [5.41, 5.74) is 0.157. The lowest BCUT2D eigenvalue weighted by atomic mass is 9.97. The van der Waals surface area contributed by atoms with E-state index in [1.165, 1.54) is 23.8 Å². The third kappa shape index (κ3) is 7.60. The molecule has 1 N–H and O–H groups in total. The number of halogens is 3. The Morgan fingerprint density at radius 3 is 2.27 bits per heavy atom. The van der Waals surface area contributed by atoms with E-state index in [0.29, 0.717) is 32.6 Å². The highest BCUT2D eigenvalue weighted by Gasteiger charge is 2.33. The average molecular weight is 462 g/mol. The van der Waals surface area contributed by atoms with Gasteiger partial charge in [0.05, 0.1) is 17.8 Å². The monoisotopic (exact) mass is 461 g/mol. The summed E-state index contributed by atoms with van der Waals surface area (Å²) in [6, 6.07) is 15.1. The van der Waals surface area contributed by atoms with E-state index in [-0.39, 0.29) is 24.1 Å². The topological polar surface area (TPSA) is 52.7 Å². The number of carbonyl (C=O) groups is 2. The predicted octanol–water partition coefficient (Wildman–Crippen LogP) is 4.45. The summed E-state index contributed by atoms with van der Waals surface area (Å²) in [4.78, 5) is 28.6. The zero-order chi connectivity index (χ0) is 23.8. The van der Waals surface area contributed by atoms with Crippen LogP contribution in [0.2, 0.25) is 0 Å². The fourth-order valence-electron chi connectivity index (χ4n) is 3.97. The molecule has 5 nitrogen and oxygen atoms in total. The Hall–Kier alpha value is -2.87. The molecule has 3 rings (SSSR count). The lowest BCUT2D eigenvalue weighted by Gasteiger charge is -2.35. The van der Waals surface area contributed by atoms with E-state index in [2.05, 4.69) is 24.4 Å². The first-order valence-electron chi connectivity index (χ1n) is 11.2. The Morgan fingerprint density at radius 1 is 0.970 bits per heavy atom. The molecule has 1 aliphatic heterocycles. The van der Waals surface area contributed by atoms with Gasteiger partial charge in [-0.3, -0.25) is 14.5 Å². The second-order valence-electron chi connectivity index (χ2n) is 8.58. The first-order chi connectivity index (χ1) is 15.7. The van der Waals surface area contributed by atoms with Crippen molar-refractivity contribution in [2.24, 2.45) is 5.92 Å². The molecule has 0 radical (unpaired) electrons. The number of nitrogens with zero attached hydrogens (tertiary/aromatic N) is 2. The number of anilines is 1. The van der Waals surface area contributed by atoms with Gasteiger partial charge in [-0.1, -0.05) is 49.4 Å². The maximum absolute atomic E-state index is 13.1. The molecular weight excluding hydrogens is 431 g/mol. The van der Waals surface area contributed by atoms with Crippen LogP contribution in [-0.4, -0.2) is 54.3 Å². The number of hydrogen-bond donors (Lipinski definition) is 1. The minimum atomic E-state index is -4.53. The number of rotatable bonds is 8. The van der Waals surface area contributed by atoms with Gasteiger partial charge in [0.15, 0.2) is 0 Å². The van der Waals surface area contributed by atoms with Crippen LogP contribution in [0, 0.1) is 5.92 Å². The standard InChI is InChI=1S/C25H30F3N3O2/c1-19(11-12-20-7-3-2-4-8-20)17-24(33)31-15-13-30(14-16-31)18-23(32)29-22-10-6-5-9-21(22)25(26,27)28/h2-10,19H,11-18H2,1H3,(H,29,32). The largest absolute Gasteiger partial charge is 0.418 e. The summed E-state index contributed by atoms with van der Waals surface area (Å²) >= 11 is 0. The van der Waals surface area contributed by atoms with E-state index >= 15 is 0 Å². The molecule has 1 fully saturated rings. The molecule has 0 bridgehead atoms. The molecule has 0 spiro atoms. The molecule has 2 aromatic carbocycles. The first kappa shape index (κ1) is 24.8. The average Bonchev–Trinajstić information content (AvgIpc) is 2.78. The first-order valence-corrected chi connectivity index (χ1v) is 11.2. The normalized spacial score (nSPS) is 15.8. The minimum Gasteiger partial charge on any atom is -0.340 e. The Bertz CT molecular complexity index is 926. The van der Waals surface area contributed by atoms with E-state index in [1.54, 1.807) is 0 Å². The van der Waals surface area contributed by atoms with Crippen molar-refractivity contribution in [3.63, 3.8) is 0 Å². The van der Waals surface area contributed by atoms with E-state index in [1.807, 2.05) is 28.0 Å². The molecule has 0 aromatic heterocycles. The van der Waals surface area contributed by atoms with Crippen LogP contribution in [0.15, 0.2) is 54.6 Å². The summed E-state index contributed by atoms with van der Waals surface area (Å²) in [7, 11) is 0. The minimum absolute atomic E-state index is 0.0122. The number of benzene rings is 2. The number of hydrogen-bond acceptors (Lipinski definition) is 3. The van der Waals surface area contributed by atoms with Crippen molar-refractivity contribution < 1.29 is 22.8 Å². The van der Waals surface area contributed by atoms with Crippen LogP contribution < -0.4 is 5.32 Å². The van der Waals surface area contributed by atoms with Crippen LogP contribution in [0.25, 0.3) is 0 Å². The number of aryl methyl sites for hydroxylation is 1. The molecule has 8 heteroatoms. The van der Waals surface area contributed by atoms with Crippen LogP contribution in [0.1, 0.15) is 30.9 Å². The number of para-hydroxylation sites is 1. The van der Waals surface area contributed by atoms with Crippen LogP contribution in [0.5, 0.6) is 0 Å². The van der Waals surface area contributed by atoms with Gasteiger partial charge in [0.25, 0.3) is 0 Å². The van der Waals surface area contributed by atoms with Crippen LogP contribution in [0.4, 0.5) is 18.9 Å². The van der Waals surface area contributed by atoms with Crippen molar-refractivity contribution in [3.8, 4) is 0 Å². The van der Waals surface area contributed by atoms with Gasteiger partial charge in [-0.05, 0) is 36.5 Å². The molecule has 33 heavy (non-hydrogen) atoms. The fourth-order valence-corrected chi connectivity index (χ4v) is 3.97. The molecule has 0 aliphatic carbocycles. The van der Waals surface area contributed by atoms with E-state index in [0.717, 1.165) is 18.9 Å². The van der Waals surface area contributed by atoms with Gasteiger partial charge < -0.3 is 10.2 Å².